The molecule has 2 atom stereocenters. The molecule has 5 nitrogen and oxygen atoms in total. The van der Waals surface area contributed by atoms with Crippen molar-refractivity contribution in [1.82, 2.24) is 4.90 Å². The molecule has 0 bridgehead atoms. The van der Waals surface area contributed by atoms with Gasteiger partial charge < -0.3 is 16.0 Å². The van der Waals surface area contributed by atoms with E-state index in [2.05, 4.69) is 5.32 Å². The van der Waals surface area contributed by atoms with E-state index in [1.807, 2.05) is 24.1 Å². The number of hydrogen-bond donors (Lipinski definition) is 2. The molecular weight excluding hydrogens is 362 g/mol. The van der Waals surface area contributed by atoms with E-state index < -0.39 is 0 Å². The number of anilines is 1. The zero-order chi connectivity index (χ0) is 18.5. The normalized spacial score (nSPS) is 22.7. The highest BCUT2D eigenvalue weighted by atomic mass is 35.5. The van der Waals surface area contributed by atoms with Crippen molar-refractivity contribution in [2.24, 2.45) is 11.7 Å². The number of benzene rings is 1. The second-order valence-corrected chi connectivity index (χ2v) is 7.89. The molecule has 2 amide bonds. The van der Waals surface area contributed by atoms with E-state index in [-0.39, 0.29) is 30.3 Å². The zero-order valence-corrected chi connectivity index (χ0v) is 17.0. The van der Waals surface area contributed by atoms with Crippen molar-refractivity contribution in [3.05, 3.63) is 29.8 Å². The van der Waals surface area contributed by atoms with Crippen LogP contribution in [0.25, 0.3) is 0 Å². The molecule has 0 spiro atoms. The summed E-state index contributed by atoms with van der Waals surface area (Å²) in [6.45, 7) is 0. The summed E-state index contributed by atoms with van der Waals surface area (Å²) in [5.41, 5.74) is 7.45. The number of amides is 2. The summed E-state index contributed by atoms with van der Waals surface area (Å²) < 4.78 is 0. The minimum atomic E-state index is 0. The van der Waals surface area contributed by atoms with Crippen molar-refractivity contribution in [2.45, 2.75) is 69.9 Å². The Bertz CT molecular complexity index is 629. The Labute approximate surface area is 168 Å². The van der Waals surface area contributed by atoms with E-state index in [9.17, 15) is 9.59 Å². The van der Waals surface area contributed by atoms with E-state index in [1.54, 1.807) is 12.1 Å². The third kappa shape index (κ3) is 5.69. The van der Waals surface area contributed by atoms with Crippen LogP contribution < -0.4 is 11.1 Å². The minimum Gasteiger partial charge on any atom is -0.339 e. The Hall–Kier alpha value is -1.59. The first-order valence-corrected chi connectivity index (χ1v) is 9.97. The quantitative estimate of drug-likeness (QED) is 0.794. The van der Waals surface area contributed by atoms with Crippen LogP contribution in [-0.2, 0) is 4.79 Å². The summed E-state index contributed by atoms with van der Waals surface area (Å²) in [6.07, 6.45) is 9.53. The third-order valence-electron chi connectivity index (χ3n) is 6.02. The van der Waals surface area contributed by atoms with Crippen LogP contribution >= 0.6 is 12.4 Å². The summed E-state index contributed by atoms with van der Waals surface area (Å²) in [5.74, 6) is 0.359. The maximum Gasteiger partial charge on any atom is 0.253 e. The fraction of sp³-hybridized carbons (Fsp3) is 0.619. The molecule has 0 unspecified atom stereocenters. The molecule has 150 valence electrons. The average Bonchev–Trinajstić information content (AvgIpc) is 3.06. The average molecular weight is 394 g/mol. The lowest BCUT2D eigenvalue weighted by Crippen LogP contribution is -2.38. The molecule has 2 fully saturated rings. The van der Waals surface area contributed by atoms with Crippen LogP contribution in [0.2, 0.25) is 0 Å². The summed E-state index contributed by atoms with van der Waals surface area (Å²) in [4.78, 5) is 26.8. The first-order chi connectivity index (χ1) is 12.5. The van der Waals surface area contributed by atoms with Crippen molar-refractivity contribution in [3.8, 4) is 0 Å². The molecular formula is C21H32ClN3O2. The van der Waals surface area contributed by atoms with E-state index >= 15 is 0 Å². The molecule has 2 saturated carbocycles. The first-order valence-electron chi connectivity index (χ1n) is 9.97. The van der Waals surface area contributed by atoms with Gasteiger partial charge in [-0.3, -0.25) is 9.59 Å². The van der Waals surface area contributed by atoms with Gasteiger partial charge in [-0.25, -0.2) is 0 Å². The SMILES string of the molecule is CN(C(=O)c1ccc(NC(=O)C[C@@H]2CCC[C@H]2N)cc1)C1CCCCC1.Cl. The monoisotopic (exact) mass is 393 g/mol. The van der Waals surface area contributed by atoms with Gasteiger partial charge in [0.15, 0.2) is 0 Å². The fourth-order valence-corrected chi connectivity index (χ4v) is 4.30. The minimum absolute atomic E-state index is 0. The number of nitrogens with zero attached hydrogens (tertiary/aromatic N) is 1. The Morgan fingerprint density at radius 2 is 1.70 bits per heavy atom. The standard InChI is InChI=1S/C21H31N3O2.ClH/c1-24(18-7-3-2-4-8-18)21(26)15-10-12-17(13-11-15)23-20(25)14-16-6-5-9-19(16)22;/h10-13,16,18-19H,2-9,14,22H2,1H3,(H,23,25);1H/t16-,19+;/m0./s1. The fourth-order valence-electron chi connectivity index (χ4n) is 4.30. The summed E-state index contributed by atoms with van der Waals surface area (Å²) in [6, 6.07) is 7.74. The predicted molar refractivity (Wildman–Crippen MR) is 111 cm³/mol. The molecule has 0 heterocycles. The van der Waals surface area contributed by atoms with Crippen molar-refractivity contribution in [2.75, 3.05) is 12.4 Å². The highest BCUT2D eigenvalue weighted by Gasteiger charge is 2.26. The Balaban J connectivity index is 0.00000261. The van der Waals surface area contributed by atoms with Gasteiger partial charge in [0.25, 0.3) is 5.91 Å². The van der Waals surface area contributed by atoms with E-state index in [4.69, 9.17) is 5.73 Å². The van der Waals surface area contributed by atoms with Gasteiger partial charge in [-0.15, -0.1) is 12.4 Å². The number of rotatable bonds is 5. The smallest absolute Gasteiger partial charge is 0.253 e. The van der Waals surface area contributed by atoms with Gasteiger partial charge in [0.2, 0.25) is 5.91 Å². The highest BCUT2D eigenvalue weighted by Crippen LogP contribution is 2.27. The van der Waals surface area contributed by atoms with Gasteiger partial charge in [0, 0.05) is 36.8 Å². The third-order valence-corrected chi connectivity index (χ3v) is 6.02. The molecule has 6 heteroatoms. The lowest BCUT2D eigenvalue weighted by Gasteiger charge is -2.31. The van der Waals surface area contributed by atoms with Crippen LogP contribution in [0.1, 0.15) is 68.1 Å². The Kier molecular flexibility index (Phi) is 8.11. The van der Waals surface area contributed by atoms with Crippen molar-refractivity contribution >= 4 is 29.9 Å². The Morgan fingerprint density at radius 3 is 2.30 bits per heavy atom. The zero-order valence-electron chi connectivity index (χ0n) is 16.2. The number of carbonyl (C=O) groups excluding carboxylic acids is 2. The summed E-state index contributed by atoms with van der Waals surface area (Å²) in [7, 11) is 1.90. The van der Waals surface area contributed by atoms with Gasteiger partial charge in [0.1, 0.15) is 0 Å². The number of hydrogen-bond acceptors (Lipinski definition) is 3. The van der Waals surface area contributed by atoms with Crippen LogP contribution in [0.4, 0.5) is 5.69 Å². The number of halogens is 1. The maximum absolute atomic E-state index is 12.7. The van der Waals surface area contributed by atoms with Gasteiger partial charge in [-0.1, -0.05) is 25.7 Å². The van der Waals surface area contributed by atoms with Crippen molar-refractivity contribution in [3.63, 3.8) is 0 Å². The molecule has 0 aliphatic heterocycles. The molecule has 0 aromatic heterocycles. The van der Waals surface area contributed by atoms with Gasteiger partial charge >= 0.3 is 0 Å². The molecule has 1 aromatic carbocycles. The first kappa shape index (κ1) is 21.7. The topological polar surface area (TPSA) is 75.4 Å². The lowest BCUT2D eigenvalue weighted by atomic mass is 9.94. The predicted octanol–water partition coefficient (Wildman–Crippen LogP) is 3.97. The van der Waals surface area contributed by atoms with E-state index in [0.717, 1.165) is 37.8 Å². The molecule has 0 radical (unpaired) electrons. The molecule has 3 N–H and O–H groups in total. The van der Waals surface area contributed by atoms with Crippen molar-refractivity contribution in [1.29, 1.82) is 0 Å². The lowest BCUT2D eigenvalue weighted by molar-refractivity contribution is -0.117. The molecule has 0 saturated heterocycles. The highest BCUT2D eigenvalue weighted by molar-refractivity contribution is 5.96. The molecule has 2 aliphatic carbocycles. The van der Waals surface area contributed by atoms with Crippen LogP contribution in [0.15, 0.2) is 24.3 Å². The van der Waals surface area contributed by atoms with Crippen LogP contribution in [0.5, 0.6) is 0 Å². The largest absolute Gasteiger partial charge is 0.339 e. The van der Waals surface area contributed by atoms with Crippen LogP contribution in [0, 0.1) is 5.92 Å². The van der Waals surface area contributed by atoms with E-state index in [1.165, 1.54) is 19.3 Å². The van der Waals surface area contributed by atoms with Crippen LogP contribution in [-0.4, -0.2) is 35.8 Å². The maximum atomic E-state index is 12.7. The second kappa shape index (κ2) is 10.1. The van der Waals surface area contributed by atoms with Crippen molar-refractivity contribution < 1.29 is 9.59 Å². The molecule has 3 rings (SSSR count). The molecule has 1 aromatic rings. The molecule has 2 aliphatic rings. The number of nitrogens with two attached hydrogens (primary N) is 1. The van der Waals surface area contributed by atoms with Gasteiger partial charge in [-0.2, -0.15) is 0 Å². The summed E-state index contributed by atoms with van der Waals surface area (Å²) in [5, 5.41) is 2.93. The van der Waals surface area contributed by atoms with Gasteiger partial charge in [0.05, 0.1) is 0 Å². The second-order valence-electron chi connectivity index (χ2n) is 7.89. The summed E-state index contributed by atoms with van der Waals surface area (Å²) >= 11 is 0. The van der Waals surface area contributed by atoms with Gasteiger partial charge in [-0.05, 0) is 55.9 Å². The number of carbonyl (C=O) groups is 2. The Morgan fingerprint density at radius 1 is 1.04 bits per heavy atom. The number of nitrogens with one attached hydrogen (secondary N) is 1. The molecule has 27 heavy (non-hydrogen) atoms. The van der Waals surface area contributed by atoms with Crippen LogP contribution in [0.3, 0.4) is 0 Å². The van der Waals surface area contributed by atoms with E-state index in [0.29, 0.717) is 23.9 Å².